The average molecular weight is 410 g/mol. The van der Waals surface area contributed by atoms with E-state index >= 15 is 0 Å². The van der Waals surface area contributed by atoms with Crippen LogP contribution in [0.5, 0.6) is 0 Å². The quantitative estimate of drug-likeness (QED) is 0.317. The Bertz CT molecular complexity index is 916. The molecule has 0 spiro atoms. The van der Waals surface area contributed by atoms with E-state index in [2.05, 4.69) is 0 Å². The van der Waals surface area contributed by atoms with Crippen LogP contribution in [0.4, 0.5) is 0 Å². The second-order valence-corrected chi connectivity index (χ2v) is 7.30. The number of hydrogen-bond donors (Lipinski definition) is 6. The molecule has 0 bridgehead atoms. The highest BCUT2D eigenvalue weighted by Gasteiger charge is 2.18. The van der Waals surface area contributed by atoms with Crippen LogP contribution in [-0.4, -0.2) is 30.6 Å². The summed E-state index contributed by atoms with van der Waals surface area (Å²) in [5.41, 5.74) is 3.83. The van der Waals surface area contributed by atoms with Crippen LogP contribution in [0.25, 0.3) is 0 Å². The van der Waals surface area contributed by atoms with Gasteiger partial charge in [0.05, 0.1) is 0 Å². The van der Waals surface area contributed by atoms with E-state index < -0.39 is 18.9 Å². The van der Waals surface area contributed by atoms with Crippen LogP contribution in [0.3, 0.4) is 0 Å². The smallest absolute Gasteiger partial charge is 0.178 e. The van der Waals surface area contributed by atoms with Gasteiger partial charge in [-0.25, -0.2) is 0 Å². The summed E-state index contributed by atoms with van der Waals surface area (Å²) in [5.74, 6) is -0.148. The molecule has 6 heteroatoms. The van der Waals surface area contributed by atoms with Gasteiger partial charge in [-0.15, -0.1) is 0 Å². The molecular formula is C24H26O6. The molecular weight excluding hydrogens is 384 g/mol. The first-order valence-corrected chi connectivity index (χ1v) is 9.72. The number of aryl methyl sites for hydroxylation is 1. The molecule has 6 nitrogen and oxygen atoms in total. The van der Waals surface area contributed by atoms with Crippen LogP contribution in [0.15, 0.2) is 72.8 Å². The Kier molecular flexibility index (Phi) is 7.33. The number of benzene rings is 3. The maximum atomic E-state index is 9.55. The molecule has 30 heavy (non-hydrogen) atoms. The highest BCUT2D eigenvalue weighted by Crippen LogP contribution is 2.32. The first-order chi connectivity index (χ1) is 14.3. The van der Waals surface area contributed by atoms with Crippen molar-refractivity contribution in [1.82, 2.24) is 0 Å². The van der Waals surface area contributed by atoms with Gasteiger partial charge in [-0.3, -0.25) is 0 Å². The van der Waals surface area contributed by atoms with Gasteiger partial charge in [0, 0.05) is 22.6 Å². The summed E-state index contributed by atoms with van der Waals surface area (Å²) in [7, 11) is 0. The van der Waals surface area contributed by atoms with Crippen molar-refractivity contribution in [3.05, 3.63) is 106 Å². The van der Waals surface area contributed by atoms with E-state index in [0.717, 1.165) is 16.7 Å². The molecule has 0 aliphatic rings. The van der Waals surface area contributed by atoms with Gasteiger partial charge >= 0.3 is 0 Å². The Morgan fingerprint density at radius 3 is 1.37 bits per heavy atom. The Morgan fingerprint density at radius 1 is 0.500 bits per heavy atom. The molecule has 0 atom stereocenters. The number of aliphatic hydroxyl groups excluding tert-OH is 3. The monoisotopic (exact) mass is 410 g/mol. The van der Waals surface area contributed by atoms with Crippen molar-refractivity contribution in [2.45, 2.75) is 37.6 Å². The van der Waals surface area contributed by atoms with Crippen LogP contribution in [0.2, 0.25) is 0 Å². The molecule has 0 aliphatic carbocycles. The number of hydrogen-bond acceptors (Lipinski definition) is 6. The van der Waals surface area contributed by atoms with E-state index in [1.807, 2.05) is 18.2 Å². The second kappa shape index (κ2) is 9.95. The molecule has 0 heterocycles. The molecule has 3 aromatic carbocycles. The summed E-state index contributed by atoms with van der Waals surface area (Å²) >= 11 is 0. The van der Waals surface area contributed by atoms with Crippen molar-refractivity contribution >= 4 is 0 Å². The molecule has 3 aromatic rings. The summed E-state index contributed by atoms with van der Waals surface area (Å²) in [6, 6.07) is 21.1. The lowest BCUT2D eigenvalue weighted by molar-refractivity contribution is -0.0431. The van der Waals surface area contributed by atoms with Crippen LogP contribution < -0.4 is 0 Å². The van der Waals surface area contributed by atoms with Gasteiger partial charge in [0.1, 0.15) is 0 Å². The molecule has 0 saturated heterocycles. The summed E-state index contributed by atoms with van der Waals surface area (Å²) in [5, 5.41) is 57.0. The summed E-state index contributed by atoms with van der Waals surface area (Å²) in [6.07, 6.45) is -3.44. The van der Waals surface area contributed by atoms with E-state index in [9.17, 15) is 30.6 Å². The highest BCUT2D eigenvalue weighted by atomic mass is 16.5. The van der Waals surface area contributed by atoms with Crippen LogP contribution in [0.1, 0.15) is 64.6 Å². The Labute approximate surface area is 175 Å². The standard InChI is InChI=1S/C24H26O6/c25-22(26)18-7-1-4-15(12-18)10-11-21(16-5-2-8-19(13-16)23(27)28)17-6-3-9-20(14-17)24(29)30/h1-9,12-14,21-30H,10-11H2. The lowest BCUT2D eigenvalue weighted by Gasteiger charge is -2.21. The third kappa shape index (κ3) is 5.52. The van der Waals surface area contributed by atoms with Gasteiger partial charge in [-0.05, 0) is 29.5 Å². The zero-order valence-corrected chi connectivity index (χ0v) is 16.3. The first kappa shape index (κ1) is 22.1. The minimum Gasteiger partial charge on any atom is -0.364 e. The zero-order chi connectivity index (χ0) is 21.7. The second-order valence-electron chi connectivity index (χ2n) is 7.30. The van der Waals surface area contributed by atoms with E-state index in [1.165, 1.54) is 0 Å². The Hall–Kier alpha value is -2.58. The Balaban J connectivity index is 1.94. The summed E-state index contributed by atoms with van der Waals surface area (Å²) < 4.78 is 0. The minimum atomic E-state index is -1.58. The lowest BCUT2D eigenvalue weighted by atomic mass is 9.85. The number of aliphatic hydroxyl groups is 6. The van der Waals surface area contributed by atoms with Gasteiger partial charge in [0.15, 0.2) is 18.9 Å². The minimum absolute atomic E-state index is 0.148. The molecule has 0 radical (unpaired) electrons. The molecule has 0 aromatic heterocycles. The molecule has 158 valence electrons. The fraction of sp³-hybridized carbons (Fsp3) is 0.250. The predicted octanol–water partition coefficient (Wildman–Crippen LogP) is 2.40. The van der Waals surface area contributed by atoms with E-state index in [1.54, 1.807) is 54.6 Å². The normalized spacial score (nSPS) is 11.8. The summed E-state index contributed by atoms with van der Waals surface area (Å²) in [6.45, 7) is 0. The van der Waals surface area contributed by atoms with Crippen molar-refractivity contribution in [3.63, 3.8) is 0 Å². The van der Waals surface area contributed by atoms with E-state index in [-0.39, 0.29) is 5.92 Å². The molecule has 0 aliphatic heterocycles. The van der Waals surface area contributed by atoms with Crippen LogP contribution in [-0.2, 0) is 6.42 Å². The first-order valence-electron chi connectivity index (χ1n) is 9.72. The van der Waals surface area contributed by atoms with Crippen LogP contribution in [0, 0.1) is 0 Å². The fourth-order valence-corrected chi connectivity index (χ4v) is 3.62. The molecule has 0 amide bonds. The molecule has 0 unspecified atom stereocenters. The van der Waals surface area contributed by atoms with Crippen molar-refractivity contribution in [2.75, 3.05) is 0 Å². The summed E-state index contributed by atoms with van der Waals surface area (Å²) in [4.78, 5) is 0. The van der Waals surface area contributed by atoms with Gasteiger partial charge in [0.25, 0.3) is 0 Å². The van der Waals surface area contributed by atoms with Gasteiger partial charge in [-0.1, -0.05) is 72.8 Å². The van der Waals surface area contributed by atoms with Crippen molar-refractivity contribution in [2.24, 2.45) is 0 Å². The van der Waals surface area contributed by atoms with Crippen molar-refractivity contribution < 1.29 is 30.6 Å². The molecule has 0 fully saturated rings. The molecule has 0 saturated carbocycles. The zero-order valence-electron chi connectivity index (χ0n) is 16.3. The topological polar surface area (TPSA) is 121 Å². The van der Waals surface area contributed by atoms with Gasteiger partial charge in [0.2, 0.25) is 0 Å². The van der Waals surface area contributed by atoms with Gasteiger partial charge < -0.3 is 30.6 Å². The average Bonchev–Trinajstić information content (AvgIpc) is 2.74. The van der Waals surface area contributed by atoms with E-state index in [0.29, 0.717) is 29.5 Å². The maximum Gasteiger partial charge on any atom is 0.178 e. The van der Waals surface area contributed by atoms with Crippen molar-refractivity contribution in [3.8, 4) is 0 Å². The SMILES string of the molecule is OC(O)c1cccc(CCC(c2cccc(C(O)O)c2)c2cccc(C(O)O)c2)c1. The third-order valence-electron chi connectivity index (χ3n) is 5.19. The largest absolute Gasteiger partial charge is 0.364 e. The van der Waals surface area contributed by atoms with Gasteiger partial charge in [-0.2, -0.15) is 0 Å². The number of rotatable bonds is 8. The highest BCUT2D eigenvalue weighted by molar-refractivity contribution is 5.38. The third-order valence-corrected chi connectivity index (χ3v) is 5.19. The maximum absolute atomic E-state index is 9.55. The predicted molar refractivity (Wildman–Crippen MR) is 111 cm³/mol. The molecule has 3 rings (SSSR count). The van der Waals surface area contributed by atoms with Crippen molar-refractivity contribution in [1.29, 1.82) is 0 Å². The van der Waals surface area contributed by atoms with Crippen LogP contribution >= 0.6 is 0 Å². The molecule has 6 N–H and O–H groups in total. The fourth-order valence-electron chi connectivity index (χ4n) is 3.62. The van der Waals surface area contributed by atoms with E-state index in [4.69, 9.17) is 0 Å². The lowest BCUT2D eigenvalue weighted by Crippen LogP contribution is -2.07. The Morgan fingerprint density at radius 2 is 0.900 bits per heavy atom.